The third kappa shape index (κ3) is 1.53. The number of likely N-dealkylation sites (tertiary alicyclic amines) is 2. The van der Waals surface area contributed by atoms with Gasteiger partial charge in [0.2, 0.25) is 5.91 Å². The Kier molecular flexibility index (Phi) is 2.20. The molecule has 2 fully saturated rings. The smallest absolute Gasteiger partial charge is 0.312 e. The van der Waals surface area contributed by atoms with Gasteiger partial charge in [-0.3, -0.25) is 9.59 Å². The first-order chi connectivity index (χ1) is 6.31. The minimum absolute atomic E-state index is 0.0551. The van der Waals surface area contributed by atoms with E-state index in [1.54, 1.807) is 6.41 Å². The summed E-state index contributed by atoms with van der Waals surface area (Å²) in [6.45, 7) is 2.94. The molecule has 2 aliphatic rings. The van der Waals surface area contributed by atoms with E-state index in [2.05, 4.69) is 0 Å². The van der Waals surface area contributed by atoms with E-state index in [1.807, 2.05) is 4.90 Å². The average molecular weight is 181 g/mol. The van der Waals surface area contributed by atoms with Gasteiger partial charge in [-0.05, 0) is 12.8 Å². The summed E-state index contributed by atoms with van der Waals surface area (Å²) < 4.78 is 0. The van der Waals surface area contributed by atoms with Gasteiger partial charge in [-0.1, -0.05) is 0 Å². The number of hydrogen-bond donors (Lipinski definition) is 0. The summed E-state index contributed by atoms with van der Waals surface area (Å²) in [4.78, 5) is 25.2. The van der Waals surface area contributed by atoms with Gasteiger partial charge >= 0.3 is 6.41 Å². The summed E-state index contributed by atoms with van der Waals surface area (Å²) in [6.07, 6.45) is 4.04. The van der Waals surface area contributed by atoms with Gasteiger partial charge in [0.25, 0.3) is 0 Å². The molecule has 0 bridgehead atoms. The first-order valence-corrected chi connectivity index (χ1v) is 4.73. The van der Waals surface area contributed by atoms with E-state index in [9.17, 15) is 9.59 Å². The van der Waals surface area contributed by atoms with Crippen molar-refractivity contribution in [1.29, 1.82) is 0 Å². The second-order valence-corrected chi connectivity index (χ2v) is 3.73. The number of rotatable bonds is 2. The normalized spacial score (nSPS) is 23.1. The SMILES string of the molecule is O=[C]N1CC(C(=O)N2CCCC2)C1. The van der Waals surface area contributed by atoms with Crippen LogP contribution in [0.2, 0.25) is 0 Å². The largest absolute Gasteiger partial charge is 0.342 e. The van der Waals surface area contributed by atoms with Gasteiger partial charge in [0.15, 0.2) is 0 Å². The van der Waals surface area contributed by atoms with Crippen molar-refractivity contribution >= 4 is 12.3 Å². The van der Waals surface area contributed by atoms with Gasteiger partial charge in [-0.25, -0.2) is 0 Å². The van der Waals surface area contributed by atoms with E-state index in [0.29, 0.717) is 13.1 Å². The topological polar surface area (TPSA) is 40.6 Å². The van der Waals surface area contributed by atoms with E-state index < -0.39 is 0 Å². The van der Waals surface area contributed by atoms with Crippen molar-refractivity contribution in [2.24, 2.45) is 5.92 Å². The molecule has 2 amide bonds. The number of carbonyl (C=O) groups excluding carboxylic acids is 2. The highest BCUT2D eigenvalue weighted by Gasteiger charge is 2.35. The zero-order valence-corrected chi connectivity index (χ0v) is 7.53. The lowest BCUT2D eigenvalue weighted by atomic mass is 10.00. The molecule has 0 N–H and O–H groups in total. The number of nitrogens with zero attached hydrogens (tertiary/aromatic N) is 2. The molecule has 0 unspecified atom stereocenters. The molecule has 1 radical (unpaired) electrons. The van der Waals surface area contributed by atoms with Crippen molar-refractivity contribution in [1.82, 2.24) is 9.80 Å². The maximum Gasteiger partial charge on any atom is 0.312 e. The minimum Gasteiger partial charge on any atom is -0.342 e. The van der Waals surface area contributed by atoms with Crippen LogP contribution in [-0.2, 0) is 9.59 Å². The van der Waals surface area contributed by atoms with Crippen molar-refractivity contribution in [3.63, 3.8) is 0 Å². The van der Waals surface area contributed by atoms with Gasteiger partial charge in [0, 0.05) is 26.2 Å². The summed E-state index contributed by atoms with van der Waals surface area (Å²) in [5, 5.41) is 0. The first-order valence-electron chi connectivity index (χ1n) is 4.73. The van der Waals surface area contributed by atoms with Crippen molar-refractivity contribution in [3.05, 3.63) is 0 Å². The molecule has 0 saturated carbocycles. The lowest BCUT2D eigenvalue weighted by molar-refractivity contribution is -0.138. The third-order valence-electron chi connectivity index (χ3n) is 2.78. The maximum atomic E-state index is 11.7. The van der Waals surface area contributed by atoms with Crippen LogP contribution >= 0.6 is 0 Å². The van der Waals surface area contributed by atoms with Gasteiger partial charge < -0.3 is 9.80 Å². The van der Waals surface area contributed by atoms with Crippen molar-refractivity contribution in [3.8, 4) is 0 Å². The lowest BCUT2D eigenvalue weighted by Gasteiger charge is -2.36. The Morgan fingerprint density at radius 2 is 1.85 bits per heavy atom. The molecule has 0 aromatic rings. The Morgan fingerprint density at radius 3 is 2.38 bits per heavy atom. The Balaban J connectivity index is 1.81. The molecule has 13 heavy (non-hydrogen) atoms. The zero-order valence-electron chi connectivity index (χ0n) is 7.53. The Bertz CT molecular complexity index is 218. The van der Waals surface area contributed by atoms with Crippen LogP contribution in [0.4, 0.5) is 0 Å². The molecule has 4 heteroatoms. The fourth-order valence-electron chi connectivity index (χ4n) is 1.91. The molecule has 71 valence electrons. The molecule has 4 nitrogen and oxygen atoms in total. The Labute approximate surface area is 77.5 Å². The zero-order chi connectivity index (χ0) is 9.26. The van der Waals surface area contributed by atoms with Crippen LogP contribution in [0, 0.1) is 5.92 Å². The second-order valence-electron chi connectivity index (χ2n) is 3.73. The Hall–Kier alpha value is -1.06. The van der Waals surface area contributed by atoms with Gasteiger partial charge in [0.1, 0.15) is 0 Å². The molecule has 0 aromatic carbocycles. The van der Waals surface area contributed by atoms with Crippen LogP contribution in [0.1, 0.15) is 12.8 Å². The van der Waals surface area contributed by atoms with E-state index in [1.165, 1.54) is 4.90 Å². The van der Waals surface area contributed by atoms with Gasteiger partial charge in [-0.15, -0.1) is 0 Å². The molecule has 0 atom stereocenters. The monoisotopic (exact) mass is 181 g/mol. The minimum atomic E-state index is 0.0551. The van der Waals surface area contributed by atoms with E-state index in [0.717, 1.165) is 25.9 Å². The predicted octanol–water partition coefficient (Wildman–Crippen LogP) is -0.392. The highest BCUT2D eigenvalue weighted by Crippen LogP contribution is 2.19. The summed E-state index contributed by atoms with van der Waals surface area (Å²) in [5.74, 6) is 0.281. The number of amides is 2. The lowest BCUT2D eigenvalue weighted by Crippen LogP contribution is -2.53. The van der Waals surface area contributed by atoms with Crippen molar-refractivity contribution in [2.75, 3.05) is 26.2 Å². The van der Waals surface area contributed by atoms with Crippen LogP contribution in [0.15, 0.2) is 0 Å². The quantitative estimate of drug-likeness (QED) is 0.582. The molecule has 0 spiro atoms. The average Bonchev–Trinajstić information content (AvgIpc) is 2.53. The summed E-state index contributed by atoms with van der Waals surface area (Å²) >= 11 is 0. The highest BCUT2D eigenvalue weighted by molar-refractivity contribution is 5.81. The van der Waals surface area contributed by atoms with Crippen LogP contribution < -0.4 is 0 Å². The molecule has 2 heterocycles. The van der Waals surface area contributed by atoms with Crippen molar-refractivity contribution < 1.29 is 9.59 Å². The van der Waals surface area contributed by atoms with E-state index in [-0.39, 0.29) is 11.8 Å². The summed E-state index contributed by atoms with van der Waals surface area (Å²) in [6, 6.07) is 0. The van der Waals surface area contributed by atoms with Crippen molar-refractivity contribution in [2.45, 2.75) is 12.8 Å². The second kappa shape index (κ2) is 3.36. The van der Waals surface area contributed by atoms with Crippen LogP contribution in [0.5, 0.6) is 0 Å². The third-order valence-corrected chi connectivity index (χ3v) is 2.78. The molecule has 0 aliphatic carbocycles. The maximum absolute atomic E-state index is 11.7. The molecule has 2 saturated heterocycles. The molecule has 0 aromatic heterocycles. The van der Waals surface area contributed by atoms with E-state index >= 15 is 0 Å². The summed E-state index contributed by atoms with van der Waals surface area (Å²) in [7, 11) is 0. The fraction of sp³-hybridized carbons (Fsp3) is 0.778. The highest BCUT2D eigenvalue weighted by atomic mass is 16.2. The molecular weight excluding hydrogens is 168 g/mol. The summed E-state index contributed by atoms with van der Waals surface area (Å²) in [5.41, 5.74) is 0. The standard InChI is InChI=1S/C9H13N2O2/c12-7-10-5-8(6-10)9(13)11-3-1-2-4-11/h8H,1-6H2. The predicted molar refractivity (Wildman–Crippen MR) is 46.6 cm³/mol. The fourth-order valence-corrected chi connectivity index (χ4v) is 1.91. The molecule has 2 rings (SSSR count). The Morgan fingerprint density at radius 1 is 1.23 bits per heavy atom. The van der Waals surface area contributed by atoms with Gasteiger partial charge in [0.05, 0.1) is 5.92 Å². The first kappa shape index (κ1) is 8.53. The van der Waals surface area contributed by atoms with Gasteiger partial charge in [-0.2, -0.15) is 0 Å². The van der Waals surface area contributed by atoms with E-state index in [4.69, 9.17) is 0 Å². The van der Waals surface area contributed by atoms with Crippen LogP contribution in [0.25, 0.3) is 0 Å². The van der Waals surface area contributed by atoms with Crippen LogP contribution in [-0.4, -0.2) is 48.3 Å². The molecule has 2 aliphatic heterocycles. The van der Waals surface area contributed by atoms with Crippen LogP contribution in [0.3, 0.4) is 0 Å². The molecular formula is C9H13N2O2. The number of carbonyl (C=O) groups is 1. The number of hydrogen-bond acceptors (Lipinski definition) is 2.